The van der Waals surface area contributed by atoms with E-state index < -0.39 is 10.0 Å². The molecule has 2 N–H and O–H groups in total. The molecule has 8 heteroatoms. The molecule has 140 valence electrons. The van der Waals surface area contributed by atoms with E-state index in [2.05, 4.69) is 10.0 Å². The first-order chi connectivity index (χ1) is 12.2. The fraction of sp³-hybridized carbons (Fsp3) is 0.278. The van der Waals surface area contributed by atoms with Crippen LogP contribution in [0.4, 0.5) is 11.4 Å². The zero-order chi connectivity index (χ0) is 19.3. The minimum Gasteiger partial charge on any atom is -0.325 e. The highest BCUT2D eigenvalue weighted by atomic mass is 35.5. The third-order valence-electron chi connectivity index (χ3n) is 3.69. The van der Waals surface area contributed by atoms with Gasteiger partial charge in [-0.3, -0.25) is 9.52 Å². The second-order valence-corrected chi connectivity index (χ2v) is 8.53. The smallest absolute Gasteiger partial charge is 0.232 e. The molecular weight excluding hydrogens is 395 g/mol. The predicted molar refractivity (Wildman–Crippen MR) is 108 cm³/mol. The van der Waals surface area contributed by atoms with Gasteiger partial charge < -0.3 is 5.32 Å². The van der Waals surface area contributed by atoms with Crippen molar-refractivity contribution in [3.8, 4) is 0 Å². The van der Waals surface area contributed by atoms with Gasteiger partial charge in [0.15, 0.2) is 0 Å². The summed E-state index contributed by atoms with van der Waals surface area (Å²) in [6.07, 6.45) is 0.649. The normalized spacial score (nSPS) is 11.2. The van der Waals surface area contributed by atoms with Crippen LogP contribution in [0, 0.1) is 6.92 Å². The number of anilines is 2. The van der Waals surface area contributed by atoms with Crippen LogP contribution in [0.25, 0.3) is 0 Å². The minimum absolute atomic E-state index is 0.0420. The molecule has 0 unspecified atom stereocenters. The molecule has 2 rings (SSSR count). The summed E-state index contributed by atoms with van der Waals surface area (Å²) in [6, 6.07) is 10.1. The quantitative estimate of drug-likeness (QED) is 0.692. The summed E-state index contributed by atoms with van der Waals surface area (Å²) in [5.74, 6) is -0.194. The number of hydrogen-bond acceptors (Lipinski definition) is 3. The van der Waals surface area contributed by atoms with Crippen molar-refractivity contribution >= 4 is 50.5 Å². The molecule has 0 aliphatic carbocycles. The summed E-state index contributed by atoms with van der Waals surface area (Å²) in [4.78, 5) is 12.3. The monoisotopic (exact) mass is 414 g/mol. The molecule has 0 aromatic heterocycles. The number of rotatable bonds is 7. The highest BCUT2D eigenvalue weighted by molar-refractivity contribution is 7.92. The average Bonchev–Trinajstić information content (AvgIpc) is 2.54. The fourth-order valence-electron chi connectivity index (χ4n) is 2.40. The Morgan fingerprint density at radius 1 is 1.08 bits per heavy atom. The largest absolute Gasteiger partial charge is 0.325 e. The Kier molecular flexibility index (Phi) is 6.92. The molecule has 0 heterocycles. The molecule has 0 atom stereocenters. The van der Waals surface area contributed by atoms with Gasteiger partial charge in [-0.2, -0.15) is 0 Å². The average molecular weight is 415 g/mol. The molecule has 0 saturated heterocycles. The van der Waals surface area contributed by atoms with Crippen molar-refractivity contribution in [1.82, 2.24) is 0 Å². The standard InChI is InChI=1S/C18H20Cl2N2O3S/c1-3-9-26(24,25)22-17-6-4-5-16(12(17)2)21-18(23)11-13-7-8-14(19)15(20)10-13/h4-8,10,22H,3,9,11H2,1-2H3,(H,21,23). The molecule has 0 aliphatic rings. The second-order valence-electron chi connectivity index (χ2n) is 5.87. The Hall–Kier alpha value is -1.76. The van der Waals surface area contributed by atoms with E-state index in [1.165, 1.54) is 0 Å². The maximum absolute atomic E-state index is 12.3. The van der Waals surface area contributed by atoms with E-state index in [4.69, 9.17) is 23.2 Å². The summed E-state index contributed by atoms with van der Waals surface area (Å²) in [5.41, 5.74) is 2.38. The number of carbonyl (C=O) groups is 1. The molecule has 0 aliphatic heterocycles. The Morgan fingerprint density at radius 3 is 2.42 bits per heavy atom. The Labute approximate surface area is 163 Å². The van der Waals surface area contributed by atoms with Crippen molar-refractivity contribution in [2.45, 2.75) is 26.7 Å². The first-order valence-electron chi connectivity index (χ1n) is 8.05. The van der Waals surface area contributed by atoms with Crippen LogP contribution in [0.2, 0.25) is 10.0 Å². The number of halogens is 2. The van der Waals surface area contributed by atoms with E-state index >= 15 is 0 Å². The van der Waals surface area contributed by atoms with E-state index in [9.17, 15) is 13.2 Å². The molecule has 1 amide bonds. The van der Waals surface area contributed by atoms with Gasteiger partial charge in [0.25, 0.3) is 0 Å². The van der Waals surface area contributed by atoms with Gasteiger partial charge in [-0.15, -0.1) is 0 Å². The maximum Gasteiger partial charge on any atom is 0.232 e. The summed E-state index contributed by atoms with van der Waals surface area (Å²) in [7, 11) is -3.40. The fourth-order valence-corrected chi connectivity index (χ4v) is 3.91. The molecule has 0 spiro atoms. The van der Waals surface area contributed by atoms with Crippen LogP contribution in [0.15, 0.2) is 36.4 Å². The number of nitrogens with one attached hydrogen (secondary N) is 2. The number of hydrogen-bond donors (Lipinski definition) is 2. The Balaban J connectivity index is 2.12. The molecule has 0 saturated carbocycles. The summed E-state index contributed by atoms with van der Waals surface area (Å²) >= 11 is 11.8. The lowest BCUT2D eigenvalue weighted by Crippen LogP contribution is -2.18. The molecule has 0 radical (unpaired) electrons. The lowest BCUT2D eigenvalue weighted by atomic mass is 10.1. The second kappa shape index (κ2) is 8.75. The topological polar surface area (TPSA) is 75.3 Å². The third kappa shape index (κ3) is 5.62. The van der Waals surface area contributed by atoms with Gasteiger partial charge in [-0.25, -0.2) is 8.42 Å². The van der Waals surface area contributed by atoms with E-state index in [0.717, 1.165) is 5.56 Å². The Morgan fingerprint density at radius 2 is 1.77 bits per heavy atom. The van der Waals surface area contributed by atoms with Gasteiger partial charge in [0, 0.05) is 5.69 Å². The van der Waals surface area contributed by atoms with Crippen molar-refractivity contribution in [2.24, 2.45) is 0 Å². The molecule has 26 heavy (non-hydrogen) atoms. The van der Waals surface area contributed by atoms with Crippen LogP contribution in [0.5, 0.6) is 0 Å². The number of carbonyl (C=O) groups excluding carboxylic acids is 1. The number of benzene rings is 2. The number of amides is 1. The van der Waals surface area contributed by atoms with E-state index in [1.54, 1.807) is 50.2 Å². The summed E-state index contributed by atoms with van der Waals surface area (Å²) in [5, 5.41) is 3.62. The van der Waals surface area contributed by atoms with Gasteiger partial charge in [0.05, 0.1) is 27.9 Å². The molecular formula is C18H20Cl2N2O3S. The molecule has 2 aromatic carbocycles. The van der Waals surface area contributed by atoms with Gasteiger partial charge >= 0.3 is 0 Å². The van der Waals surface area contributed by atoms with Gasteiger partial charge in [-0.05, 0) is 48.7 Å². The molecule has 0 fully saturated rings. The van der Waals surface area contributed by atoms with Crippen molar-refractivity contribution in [1.29, 1.82) is 0 Å². The van der Waals surface area contributed by atoms with Gasteiger partial charge in [0.1, 0.15) is 0 Å². The zero-order valence-corrected chi connectivity index (χ0v) is 16.8. The van der Waals surface area contributed by atoms with Crippen LogP contribution in [-0.2, 0) is 21.2 Å². The summed E-state index contributed by atoms with van der Waals surface area (Å²) in [6.45, 7) is 3.55. The van der Waals surface area contributed by atoms with E-state index in [-0.39, 0.29) is 18.1 Å². The molecule has 2 aromatic rings. The van der Waals surface area contributed by atoms with Crippen LogP contribution < -0.4 is 10.0 Å². The van der Waals surface area contributed by atoms with Crippen molar-refractivity contribution in [2.75, 3.05) is 15.8 Å². The van der Waals surface area contributed by atoms with Gasteiger partial charge in [0.2, 0.25) is 15.9 Å². The van der Waals surface area contributed by atoms with Gasteiger partial charge in [-0.1, -0.05) is 42.3 Å². The van der Waals surface area contributed by atoms with Crippen molar-refractivity contribution in [3.63, 3.8) is 0 Å². The lowest BCUT2D eigenvalue weighted by Gasteiger charge is -2.14. The maximum atomic E-state index is 12.3. The van der Waals surface area contributed by atoms with Crippen LogP contribution in [0.1, 0.15) is 24.5 Å². The Bertz CT molecular complexity index is 915. The van der Waals surface area contributed by atoms with Crippen LogP contribution >= 0.6 is 23.2 Å². The highest BCUT2D eigenvalue weighted by Crippen LogP contribution is 2.26. The first kappa shape index (κ1) is 20.6. The van der Waals surface area contributed by atoms with E-state index in [1.807, 2.05) is 0 Å². The minimum atomic E-state index is -3.40. The molecule has 0 bridgehead atoms. The van der Waals surface area contributed by atoms with Crippen molar-refractivity contribution < 1.29 is 13.2 Å². The van der Waals surface area contributed by atoms with Crippen molar-refractivity contribution in [3.05, 3.63) is 57.6 Å². The van der Waals surface area contributed by atoms with E-state index in [0.29, 0.717) is 33.4 Å². The first-order valence-corrected chi connectivity index (χ1v) is 10.5. The SMILES string of the molecule is CCCS(=O)(=O)Nc1cccc(NC(=O)Cc2ccc(Cl)c(Cl)c2)c1C. The number of sulfonamides is 1. The predicted octanol–water partition coefficient (Wildman–Crippen LogP) is 4.63. The van der Waals surface area contributed by atoms with Crippen LogP contribution in [0.3, 0.4) is 0 Å². The summed E-state index contributed by atoms with van der Waals surface area (Å²) < 4.78 is 26.5. The molecule has 5 nitrogen and oxygen atoms in total. The third-order valence-corrected chi connectivity index (χ3v) is 5.91. The van der Waals surface area contributed by atoms with Crippen LogP contribution in [-0.4, -0.2) is 20.1 Å². The highest BCUT2D eigenvalue weighted by Gasteiger charge is 2.13. The zero-order valence-electron chi connectivity index (χ0n) is 14.5. The lowest BCUT2D eigenvalue weighted by molar-refractivity contribution is -0.115.